The highest BCUT2D eigenvalue weighted by atomic mass is 35.5. The summed E-state index contributed by atoms with van der Waals surface area (Å²) >= 11 is 6.16. The number of anilines is 3. The highest BCUT2D eigenvalue weighted by Gasteiger charge is 2.12. The third kappa shape index (κ3) is 4.37. The molecule has 0 bridgehead atoms. The van der Waals surface area contributed by atoms with Gasteiger partial charge in [-0.05, 0) is 62.2 Å². The van der Waals surface area contributed by atoms with E-state index in [1.54, 1.807) is 12.1 Å². The molecule has 0 saturated heterocycles. The van der Waals surface area contributed by atoms with E-state index < -0.39 is 0 Å². The molecule has 0 radical (unpaired) electrons. The highest BCUT2D eigenvalue weighted by molar-refractivity contribution is 6.33. The zero-order valence-electron chi connectivity index (χ0n) is 14.8. The first-order valence-corrected chi connectivity index (χ1v) is 8.55. The Morgan fingerprint density at radius 3 is 2.35 bits per heavy atom. The third-order valence-corrected chi connectivity index (χ3v) is 4.02. The number of aromatic nitrogens is 2. The molecule has 26 heavy (non-hydrogen) atoms. The number of benzene rings is 2. The normalized spacial score (nSPS) is 10.5. The van der Waals surface area contributed by atoms with Crippen molar-refractivity contribution in [1.29, 1.82) is 0 Å². The number of nitrogens with one attached hydrogen (secondary N) is 2. The molecule has 2 N–H and O–H groups in total. The lowest BCUT2D eigenvalue weighted by molar-refractivity contribution is 0.102. The van der Waals surface area contributed by atoms with Crippen molar-refractivity contribution in [3.8, 4) is 0 Å². The van der Waals surface area contributed by atoms with Gasteiger partial charge in [-0.3, -0.25) is 4.79 Å². The van der Waals surface area contributed by atoms with Crippen LogP contribution in [0.4, 0.5) is 17.3 Å². The fraction of sp³-hybridized carbons (Fsp3) is 0.150. The summed E-state index contributed by atoms with van der Waals surface area (Å²) < 4.78 is 0. The first-order valence-electron chi connectivity index (χ1n) is 8.17. The van der Waals surface area contributed by atoms with E-state index in [0.717, 1.165) is 16.8 Å². The number of carbonyl (C=O) groups excluding carboxylic acids is 1. The predicted molar refractivity (Wildman–Crippen MR) is 105 cm³/mol. The molecule has 2 aromatic carbocycles. The van der Waals surface area contributed by atoms with Gasteiger partial charge in [0.25, 0.3) is 5.91 Å². The molecule has 0 atom stereocenters. The molecule has 1 amide bonds. The maximum absolute atomic E-state index is 12.6. The molecule has 0 spiro atoms. The van der Waals surface area contributed by atoms with Crippen LogP contribution in [0.1, 0.15) is 27.3 Å². The van der Waals surface area contributed by atoms with Gasteiger partial charge in [0.15, 0.2) is 0 Å². The van der Waals surface area contributed by atoms with Crippen molar-refractivity contribution in [2.24, 2.45) is 0 Å². The molecule has 3 aromatic rings. The Balaban J connectivity index is 1.84. The van der Waals surface area contributed by atoms with Crippen molar-refractivity contribution in [2.75, 3.05) is 10.6 Å². The first-order chi connectivity index (χ1) is 12.4. The molecular weight excluding hydrogens is 348 g/mol. The number of para-hydroxylation sites is 1. The molecule has 0 saturated carbocycles. The quantitative estimate of drug-likeness (QED) is 0.678. The molecule has 0 unspecified atom stereocenters. The van der Waals surface area contributed by atoms with Gasteiger partial charge in [-0.2, -0.15) is 0 Å². The number of carbonyl (C=O) groups is 1. The van der Waals surface area contributed by atoms with Gasteiger partial charge in [-0.1, -0.05) is 29.8 Å². The summed E-state index contributed by atoms with van der Waals surface area (Å²) in [5.74, 6) is 0.0337. The Hall–Kier alpha value is -2.92. The number of hydrogen-bond acceptors (Lipinski definition) is 4. The fourth-order valence-electron chi connectivity index (χ4n) is 2.67. The summed E-state index contributed by atoms with van der Waals surface area (Å²) in [6.45, 7) is 5.79. The van der Waals surface area contributed by atoms with E-state index in [0.29, 0.717) is 22.4 Å². The standard InChI is InChI=1S/C20H19ClN4O/c1-12-8-13(2)10-15(9-12)23-19(26)18-11-14(3)22-20(25-18)24-17-7-5-4-6-16(17)21/h4-11H,1-3H3,(H,23,26)(H,22,24,25). The maximum Gasteiger partial charge on any atom is 0.274 e. The van der Waals surface area contributed by atoms with Crippen molar-refractivity contribution in [3.63, 3.8) is 0 Å². The summed E-state index contributed by atoms with van der Waals surface area (Å²) in [4.78, 5) is 21.3. The molecule has 3 rings (SSSR count). The summed E-state index contributed by atoms with van der Waals surface area (Å²) in [6.07, 6.45) is 0. The Morgan fingerprint density at radius 2 is 1.65 bits per heavy atom. The first kappa shape index (κ1) is 17.9. The van der Waals surface area contributed by atoms with E-state index in [9.17, 15) is 4.79 Å². The maximum atomic E-state index is 12.6. The second kappa shape index (κ2) is 7.54. The van der Waals surface area contributed by atoms with E-state index in [4.69, 9.17) is 11.6 Å². The largest absolute Gasteiger partial charge is 0.323 e. The van der Waals surface area contributed by atoms with Gasteiger partial charge >= 0.3 is 0 Å². The molecule has 5 nitrogen and oxygen atoms in total. The van der Waals surface area contributed by atoms with Crippen LogP contribution in [-0.2, 0) is 0 Å². The van der Waals surface area contributed by atoms with E-state index >= 15 is 0 Å². The number of aryl methyl sites for hydroxylation is 3. The smallest absolute Gasteiger partial charge is 0.274 e. The highest BCUT2D eigenvalue weighted by Crippen LogP contribution is 2.23. The lowest BCUT2D eigenvalue weighted by Crippen LogP contribution is -2.15. The third-order valence-electron chi connectivity index (χ3n) is 3.69. The average Bonchev–Trinajstić information content (AvgIpc) is 2.55. The Morgan fingerprint density at radius 1 is 0.962 bits per heavy atom. The molecule has 0 fully saturated rings. The summed E-state index contributed by atoms with van der Waals surface area (Å²) in [6, 6.07) is 14.8. The molecular formula is C20H19ClN4O. The SMILES string of the molecule is Cc1cc(C)cc(NC(=O)c2cc(C)nc(Nc3ccccc3Cl)n2)c1. The molecule has 0 aliphatic heterocycles. The van der Waals surface area contributed by atoms with E-state index in [1.165, 1.54) is 0 Å². The van der Waals surface area contributed by atoms with Crippen LogP contribution >= 0.6 is 11.6 Å². The van der Waals surface area contributed by atoms with Gasteiger partial charge in [0.1, 0.15) is 5.69 Å². The van der Waals surface area contributed by atoms with E-state index in [-0.39, 0.29) is 11.6 Å². The molecule has 1 heterocycles. The van der Waals surface area contributed by atoms with E-state index in [1.807, 2.05) is 51.1 Å². The minimum absolute atomic E-state index is 0.284. The van der Waals surface area contributed by atoms with Gasteiger partial charge in [-0.15, -0.1) is 0 Å². The van der Waals surface area contributed by atoms with Crippen molar-refractivity contribution in [3.05, 3.63) is 76.1 Å². The zero-order valence-corrected chi connectivity index (χ0v) is 15.6. The van der Waals surface area contributed by atoms with Gasteiger partial charge < -0.3 is 10.6 Å². The lowest BCUT2D eigenvalue weighted by atomic mass is 10.1. The Labute approximate surface area is 157 Å². The van der Waals surface area contributed by atoms with Crippen molar-refractivity contribution in [2.45, 2.75) is 20.8 Å². The van der Waals surface area contributed by atoms with Crippen molar-refractivity contribution >= 4 is 34.8 Å². The van der Waals surface area contributed by atoms with Crippen LogP contribution < -0.4 is 10.6 Å². The minimum Gasteiger partial charge on any atom is -0.323 e. The van der Waals surface area contributed by atoms with Crippen LogP contribution in [0.2, 0.25) is 5.02 Å². The van der Waals surface area contributed by atoms with Crippen LogP contribution in [0.3, 0.4) is 0 Å². The summed E-state index contributed by atoms with van der Waals surface area (Å²) in [5.41, 5.74) is 4.55. The molecule has 1 aromatic heterocycles. The number of hydrogen-bond donors (Lipinski definition) is 2. The number of halogens is 1. The Kier molecular flexibility index (Phi) is 5.19. The summed E-state index contributed by atoms with van der Waals surface area (Å²) in [5, 5.41) is 6.50. The van der Waals surface area contributed by atoms with Crippen LogP contribution in [0, 0.1) is 20.8 Å². The lowest BCUT2D eigenvalue weighted by Gasteiger charge is -2.10. The van der Waals surface area contributed by atoms with Crippen LogP contribution in [0.25, 0.3) is 0 Å². The second-order valence-corrected chi connectivity index (χ2v) is 6.56. The fourth-order valence-corrected chi connectivity index (χ4v) is 2.85. The van der Waals surface area contributed by atoms with Crippen LogP contribution in [0.5, 0.6) is 0 Å². The zero-order chi connectivity index (χ0) is 18.7. The molecule has 6 heteroatoms. The number of nitrogens with zero attached hydrogens (tertiary/aromatic N) is 2. The van der Waals surface area contributed by atoms with E-state index in [2.05, 4.69) is 26.7 Å². The van der Waals surface area contributed by atoms with Gasteiger partial charge in [-0.25, -0.2) is 9.97 Å². The van der Waals surface area contributed by atoms with Crippen LogP contribution in [-0.4, -0.2) is 15.9 Å². The molecule has 0 aliphatic rings. The van der Waals surface area contributed by atoms with Crippen LogP contribution in [0.15, 0.2) is 48.5 Å². The minimum atomic E-state index is -0.289. The predicted octanol–water partition coefficient (Wildman–Crippen LogP) is 5.05. The van der Waals surface area contributed by atoms with Crippen molar-refractivity contribution < 1.29 is 4.79 Å². The van der Waals surface area contributed by atoms with Gasteiger partial charge in [0, 0.05) is 11.4 Å². The van der Waals surface area contributed by atoms with Gasteiger partial charge in [0.05, 0.1) is 10.7 Å². The van der Waals surface area contributed by atoms with Gasteiger partial charge in [0.2, 0.25) is 5.95 Å². The monoisotopic (exact) mass is 366 g/mol. The molecule has 132 valence electrons. The number of amides is 1. The van der Waals surface area contributed by atoms with Crippen molar-refractivity contribution in [1.82, 2.24) is 9.97 Å². The number of rotatable bonds is 4. The Bertz CT molecular complexity index is 952. The average molecular weight is 367 g/mol. The summed E-state index contributed by atoms with van der Waals surface area (Å²) in [7, 11) is 0. The second-order valence-electron chi connectivity index (χ2n) is 6.15. The molecule has 0 aliphatic carbocycles. The topological polar surface area (TPSA) is 66.9 Å².